The second-order valence-electron chi connectivity index (χ2n) is 6.54. The number of benzene rings is 2. The fraction of sp³-hybridized carbons (Fsp3) is 0.350. The van der Waals surface area contributed by atoms with Gasteiger partial charge in [0.25, 0.3) is 0 Å². The van der Waals surface area contributed by atoms with Crippen molar-refractivity contribution in [1.29, 1.82) is 0 Å². The Morgan fingerprint density at radius 3 is 2.48 bits per heavy atom. The molecule has 0 radical (unpaired) electrons. The lowest BCUT2D eigenvalue weighted by Gasteiger charge is -2.27. The Balaban J connectivity index is 1.75. The lowest BCUT2D eigenvalue weighted by Crippen LogP contribution is -2.35. The number of hydrogen-bond acceptors (Lipinski definition) is 3. The maximum absolute atomic E-state index is 5.71. The van der Waals surface area contributed by atoms with E-state index in [-0.39, 0.29) is 6.04 Å². The summed E-state index contributed by atoms with van der Waals surface area (Å²) in [5, 5.41) is 7.35. The number of hydrogen-bond donors (Lipinski definition) is 2. The van der Waals surface area contributed by atoms with Gasteiger partial charge in [-0.25, -0.2) is 0 Å². The fourth-order valence-electron chi connectivity index (χ4n) is 2.90. The minimum Gasteiger partial charge on any atom is -0.486 e. The summed E-state index contributed by atoms with van der Waals surface area (Å²) in [7, 11) is 0. The number of thiocarbonyl (C=S) groups is 1. The molecule has 2 N–H and O–H groups in total. The zero-order chi connectivity index (χ0) is 17.8. The molecular formula is C20H24N2O2S. The van der Waals surface area contributed by atoms with E-state index in [1.54, 1.807) is 0 Å². The first-order valence-corrected chi connectivity index (χ1v) is 8.98. The van der Waals surface area contributed by atoms with Gasteiger partial charge in [0, 0.05) is 5.69 Å². The van der Waals surface area contributed by atoms with Gasteiger partial charge in [0.05, 0.1) is 6.04 Å². The second-order valence-corrected chi connectivity index (χ2v) is 6.95. The van der Waals surface area contributed by atoms with Crippen LogP contribution in [0.1, 0.15) is 31.0 Å². The van der Waals surface area contributed by atoms with Crippen molar-refractivity contribution < 1.29 is 9.47 Å². The molecule has 0 fully saturated rings. The van der Waals surface area contributed by atoms with Crippen LogP contribution in [-0.2, 0) is 0 Å². The smallest absolute Gasteiger partial charge is 0.171 e. The lowest BCUT2D eigenvalue weighted by molar-refractivity contribution is 0.171. The van der Waals surface area contributed by atoms with Gasteiger partial charge >= 0.3 is 0 Å². The van der Waals surface area contributed by atoms with Crippen molar-refractivity contribution in [2.24, 2.45) is 5.92 Å². The average Bonchev–Trinajstić information content (AvgIpc) is 2.61. The monoisotopic (exact) mass is 356 g/mol. The molecule has 2 aromatic rings. The molecule has 1 atom stereocenters. The van der Waals surface area contributed by atoms with Crippen molar-refractivity contribution in [1.82, 2.24) is 5.32 Å². The molecule has 0 saturated heterocycles. The number of rotatable bonds is 4. The van der Waals surface area contributed by atoms with Crippen molar-refractivity contribution in [3.63, 3.8) is 0 Å². The summed E-state index contributed by atoms with van der Waals surface area (Å²) in [5.41, 5.74) is 3.31. The first kappa shape index (κ1) is 17.5. The SMILES string of the molecule is Cc1ccccc1NC(=S)N[C@@H](c1ccc2c(c1)OCCO2)C(C)C. The highest BCUT2D eigenvalue weighted by atomic mass is 32.1. The van der Waals surface area contributed by atoms with E-state index in [9.17, 15) is 0 Å². The van der Waals surface area contributed by atoms with E-state index in [0.29, 0.717) is 24.2 Å². The van der Waals surface area contributed by atoms with E-state index in [1.165, 1.54) is 0 Å². The lowest BCUT2D eigenvalue weighted by atomic mass is 9.95. The van der Waals surface area contributed by atoms with Crippen molar-refractivity contribution in [3.05, 3.63) is 53.6 Å². The van der Waals surface area contributed by atoms with Gasteiger partial charge in [-0.2, -0.15) is 0 Å². The molecular weight excluding hydrogens is 332 g/mol. The predicted octanol–water partition coefficient (Wildman–Crippen LogP) is 4.45. The molecule has 5 heteroatoms. The standard InChI is InChI=1S/C20H24N2O2S/c1-13(2)19(15-8-9-17-18(12-15)24-11-10-23-17)22-20(25)21-16-7-5-4-6-14(16)3/h4-9,12-13,19H,10-11H2,1-3H3,(H2,21,22,25)/t19-/m1/s1. The summed E-state index contributed by atoms with van der Waals surface area (Å²) < 4.78 is 11.3. The van der Waals surface area contributed by atoms with Crippen LogP contribution in [0.5, 0.6) is 11.5 Å². The Bertz CT molecular complexity index is 761. The van der Waals surface area contributed by atoms with Crippen molar-refractivity contribution in [2.75, 3.05) is 18.5 Å². The minimum atomic E-state index is 0.0832. The quantitative estimate of drug-likeness (QED) is 0.792. The third-order valence-electron chi connectivity index (χ3n) is 4.27. The third kappa shape index (κ3) is 4.23. The van der Waals surface area contributed by atoms with E-state index in [4.69, 9.17) is 21.7 Å². The van der Waals surface area contributed by atoms with Crippen molar-refractivity contribution in [2.45, 2.75) is 26.8 Å². The van der Waals surface area contributed by atoms with E-state index >= 15 is 0 Å². The molecule has 1 aliphatic heterocycles. The molecule has 1 aliphatic rings. The van der Waals surface area contributed by atoms with Gasteiger partial charge < -0.3 is 20.1 Å². The maximum Gasteiger partial charge on any atom is 0.171 e. The first-order valence-electron chi connectivity index (χ1n) is 8.57. The van der Waals surface area contributed by atoms with Gasteiger partial charge in [-0.3, -0.25) is 0 Å². The van der Waals surface area contributed by atoms with Gasteiger partial charge in [0.1, 0.15) is 13.2 Å². The van der Waals surface area contributed by atoms with Crippen LogP contribution in [0.4, 0.5) is 5.69 Å². The van der Waals surface area contributed by atoms with Gasteiger partial charge in [-0.15, -0.1) is 0 Å². The highest BCUT2D eigenvalue weighted by molar-refractivity contribution is 7.80. The van der Waals surface area contributed by atoms with Crippen molar-refractivity contribution in [3.8, 4) is 11.5 Å². The van der Waals surface area contributed by atoms with Crippen LogP contribution in [0.2, 0.25) is 0 Å². The second kappa shape index (κ2) is 7.74. The number of para-hydroxylation sites is 1. The first-order chi connectivity index (χ1) is 12.0. The Morgan fingerprint density at radius 2 is 1.76 bits per heavy atom. The molecule has 0 saturated carbocycles. The van der Waals surface area contributed by atoms with Crippen LogP contribution >= 0.6 is 12.2 Å². The topological polar surface area (TPSA) is 42.5 Å². The molecule has 0 amide bonds. The van der Waals surface area contributed by atoms with Gasteiger partial charge in [-0.05, 0) is 54.4 Å². The number of nitrogens with one attached hydrogen (secondary N) is 2. The van der Waals surface area contributed by atoms with Crippen LogP contribution in [-0.4, -0.2) is 18.3 Å². The van der Waals surface area contributed by atoms with E-state index in [1.807, 2.05) is 30.3 Å². The van der Waals surface area contributed by atoms with Crippen LogP contribution in [0.15, 0.2) is 42.5 Å². The molecule has 0 bridgehead atoms. The van der Waals surface area contributed by atoms with Crippen LogP contribution in [0, 0.1) is 12.8 Å². The van der Waals surface area contributed by atoms with Crippen LogP contribution in [0.25, 0.3) is 0 Å². The summed E-state index contributed by atoms with van der Waals surface area (Å²) in [4.78, 5) is 0. The number of fused-ring (bicyclic) bond motifs is 1. The molecule has 0 aromatic heterocycles. The normalized spacial score (nSPS) is 14.1. The van der Waals surface area contributed by atoms with E-state index in [2.05, 4.69) is 43.5 Å². The molecule has 4 nitrogen and oxygen atoms in total. The summed E-state index contributed by atoms with van der Waals surface area (Å²) in [6, 6.07) is 14.3. The number of aryl methyl sites for hydroxylation is 1. The Labute approximate surface area is 154 Å². The Kier molecular flexibility index (Phi) is 5.43. The molecule has 25 heavy (non-hydrogen) atoms. The van der Waals surface area contributed by atoms with Crippen LogP contribution < -0.4 is 20.1 Å². The zero-order valence-corrected chi connectivity index (χ0v) is 15.7. The largest absolute Gasteiger partial charge is 0.486 e. The summed E-state index contributed by atoms with van der Waals surface area (Å²) in [5.74, 6) is 1.96. The van der Waals surface area contributed by atoms with E-state index < -0.39 is 0 Å². The summed E-state index contributed by atoms with van der Waals surface area (Å²) in [6.45, 7) is 7.59. The Hall–Kier alpha value is -2.27. The molecule has 1 heterocycles. The Morgan fingerprint density at radius 1 is 1.04 bits per heavy atom. The fourth-order valence-corrected chi connectivity index (χ4v) is 3.14. The molecule has 2 aromatic carbocycles. The molecule has 0 unspecified atom stereocenters. The molecule has 132 valence electrons. The molecule has 3 rings (SSSR count). The highest BCUT2D eigenvalue weighted by Crippen LogP contribution is 2.34. The molecule has 0 spiro atoms. The van der Waals surface area contributed by atoms with Crippen LogP contribution in [0.3, 0.4) is 0 Å². The van der Waals surface area contributed by atoms with E-state index in [0.717, 1.165) is 28.3 Å². The van der Waals surface area contributed by atoms with Gasteiger partial charge in [-0.1, -0.05) is 38.1 Å². The van der Waals surface area contributed by atoms with Gasteiger partial charge in [0.2, 0.25) is 0 Å². The average molecular weight is 356 g/mol. The zero-order valence-electron chi connectivity index (χ0n) is 14.8. The number of anilines is 1. The highest BCUT2D eigenvalue weighted by Gasteiger charge is 2.20. The van der Waals surface area contributed by atoms with Gasteiger partial charge in [0.15, 0.2) is 16.6 Å². The predicted molar refractivity (Wildman–Crippen MR) is 106 cm³/mol. The van der Waals surface area contributed by atoms with Crippen molar-refractivity contribution >= 4 is 23.0 Å². The molecule has 0 aliphatic carbocycles. The number of ether oxygens (including phenoxy) is 2. The third-order valence-corrected chi connectivity index (χ3v) is 4.49. The maximum atomic E-state index is 5.71. The minimum absolute atomic E-state index is 0.0832. The summed E-state index contributed by atoms with van der Waals surface area (Å²) in [6.07, 6.45) is 0. The summed E-state index contributed by atoms with van der Waals surface area (Å²) >= 11 is 5.53.